The monoisotopic (exact) mass is 302 g/mol. The molecule has 3 fully saturated rings. The number of halogens is 1. The number of benzene rings is 1. The fourth-order valence-corrected chi connectivity index (χ4v) is 3.84. The van der Waals surface area contributed by atoms with E-state index in [1.807, 2.05) is 17.0 Å². The van der Waals surface area contributed by atoms with E-state index in [1.165, 1.54) is 31.4 Å². The summed E-state index contributed by atoms with van der Waals surface area (Å²) in [6.07, 6.45) is 4.96. The highest BCUT2D eigenvalue weighted by molar-refractivity contribution is 5.83. The highest BCUT2D eigenvalue weighted by atomic mass is 19.1. The average molecular weight is 302 g/mol. The zero-order valence-electron chi connectivity index (χ0n) is 12.9. The van der Waals surface area contributed by atoms with Gasteiger partial charge in [-0.3, -0.25) is 9.69 Å². The van der Waals surface area contributed by atoms with Crippen LogP contribution in [0, 0.1) is 11.7 Å². The minimum atomic E-state index is -0.209. The molecule has 1 aliphatic heterocycles. The van der Waals surface area contributed by atoms with Crippen LogP contribution in [0.15, 0.2) is 24.3 Å². The van der Waals surface area contributed by atoms with Gasteiger partial charge in [0.2, 0.25) is 5.91 Å². The Morgan fingerprint density at radius 3 is 2.32 bits per heavy atom. The van der Waals surface area contributed by atoms with E-state index in [0.717, 1.165) is 44.2 Å². The van der Waals surface area contributed by atoms with Gasteiger partial charge in [-0.05, 0) is 42.9 Å². The van der Waals surface area contributed by atoms with E-state index in [9.17, 15) is 9.18 Å². The standard InChI is InChI=1S/C18H23FN2O/c19-14-6-4-13(5-7-14)16-12-17(16)18(22)21-10-8-20(9-11-21)15-2-1-3-15/h4-7,15-17H,1-3,8-12H2/t16?,17-/m0/s1. The molecular weight excluding hydrogens is 279 g/mol. The zero-order chi connectivity index (χ0) is 15.1. The topological polar surface area (TPSA) is 23.6 Å². The van der Waals surface area contributed by atoms with Gasteiger partial charge in [0.25, 0.3) is 0 Å². The van der Waals surface area contributed by atoms with Gasteiger partial charge in [-0.15, -0.1) is 0 Å². The molecule has 1 unspecified atom stereocenters. The van der Waals surface area contributed by atoms with Gasteiger partial charge in [0.15, 0.2) is 0 Å². The van der Waals surface area contributed by atoms with Crippen molar-refractivity contribution in [3.05, 3.63) is 35.6 Å². The van der Waals surface area contributed by atoms with Crippen molar-refractivity contribution in [2.45, 2.75) is 37.6 Å². The van der Waals surface area contributed by atoms with Gasteiger partial charge in [-0.2, -0.15) is 0 Å². The fourth-order valence-electron chi connectivity index (χ4n) is 3.84. The summed E-state index contributed by atoms with van der Waals surface area (Å²) in [5.41, 5.74) is 1.10. The molecule has 0 aromatic heterocycles. The number of rotatable bonds is 3. The van der Waals surface area contributed by atoms with Gasteiger partial charge >= 0.3 is 0 Å². The first-order valence-corrected chi connectivity index (χ1v) is 8.50. The van der Waals surface area contributed by atoms with Crippen LogP contribution in [0.2, 0.25) is 0 Å². The van der Waals surface area contributed by atoms with Crippen molar-refractivity contribution in [3.63, 3.8) is 0 Å². The third-order valence-electron chi connectivity index (χ3n) is 5.62. The first-order valence-electron chi connectivity index (χ1n) is 8.50. The second kappa shape index (κ2) is 5.65. The maximum absolute atomic E-state index is 13.0. The van der Waals surface area contributed by atoms with Gasteiger partial charge in [0.1, 0.15) is 5.82 Å². The maximum atomic E-state index is 13.0. The molecular formula is C18H23FN2O. The molecule has 0 radical (unpaired) electrons. The number of hydrogen-bond acceptors (Lipinski definition) is 2. The molecule has 2 aliphatic carbocycles. The molecule has 3 aliphatic rings. The maximum Gasteiger partial charge on any atom is 0.226 e. The van der Waals surface area contributed by atoms with Crippen molar-refractivity contribution < 1.29 is 9.18 Å². The Bertz CT molecular complexity index is 547. The lowest BCUT2D eigenvalue weighted by Crippen LogP contribution is -2.53. The van der Waals surface area contributed by atoms with Crippen molar-refractivity contribution >= 4 is 5.91 Å². The quantitative estimate of drug-likeness (QED) is 0.857. The molecule has 1 saturated heterocycles. The Morgan fingerprint density at radius 1 is 1.05 bits per heavy atom. The summed E-state index contributed by atoms with van der Waals surface area (Å²) in [5.74, 6) is 0.528. The predicted octanol–water partition coefficient (Wildman–Crippen LogP) is 2.63. The third-order valence-corrected chi connectivity index (χ3v) is 5.62. The van der Waals surface area contributed by atoms with Crippen LogP contribution < -0.4 is 0 Å². The van der Waals surface area contributed by atoms with Gasteiger partial charge in [-0.1, -0.05) is 18.6 Å². The summed E-state index contributed by atoms with van der Waals surface area (Å²) in [5, 5.41) is 0. The molecule has 3 nitrogen and oxygen atoms in total. The van der Waals surface area contributed by atoms with Gasteiger partial charge < -0.3 is 4.90 Å². The van der Waals surface area contributed by atoms with E-state index in [1.54, 1.807) is 0 Å². The van der Waals surface area contributed by atoms with Crippen molar-refractivity contribution in [2.24, 2.45) is 5.92 Å². The Hall–Kier alpha value is -1.42. The number of carbonyl (C=O) groups excluding carboxylic acids is 1. The summed E-state index contributed by atoms with van der Waals surface area (Å²) in [4.78, 5) is 17.2. The van der Waals surface area contributed by atoms with Crippen molar-refractivity contribution in [1.82, 2.24) is 9.80 Å². The van der Waals surface area contributed by atoms with E-state index in [4.69, 9.17) is 0 Å². The third kappa shape index (κ3) is 2.65. The summed E-state index contributed by atoms with van der Waals surface area (Å²) < 4.78 is 13.0. The lowest BCUT2D eigenvalue weighted by molar-refractivity contribution is -0.135. The van der Waals surface area contributed by atoms with Gasteiger partial charge in [-0.25, -0.2) is 4.39 Å². The predicted molar refractivity (Wildman–Crippen MR) is 83.0 cm³/mol. The molecule has 4 heteroatoms. The second-order valence-corrected chi connectivity index (χ2v) is 6.95. The second-order valence-electron chi connectivity index (χ2n) is 6.95. The van der Waals surface area contributed by atoms with E-state index < -0.39 is 0 Å². The van der Waals surface area contributed by atoms with Crippen LogP contribution in [-0.2, 0) is 4.79 Å². The van der Waals surface area contributed by atoms with Crippen LogP contribution in [0.25, 0.3) is 0 Å². The molecule has 1 amide bonds. The molecule has 1 heterocycles. The van der Waals surface area contributed by atoms with Crippen LogP contribution in [-0.4, -0.2) is 47.9 Å². The van der Waals surface area contributed by atoms with Gasteiger partial charge in [0.05, 0.1) is 0 Å². The lowest BCUT2D eigenvalue weighted by atomic mass is 9.91. The SMILES string of the molecule is O=C([C@H]1CC1c1ccc(F)cc1)N1CCN(C2CCC2)CC1. The summed E-state index contributed by atoms with van der Waals surface area (Å²) >= 11 is 0. The van der Waals surface area contributed by atoms with Crippen LogP contribution in [0.3, 0.4) is 0 Å². The minimum absolute atomic E-state index is 0.126. The van der Waals surface area contributed by atoms with E-state index in [0.29, 0.717) is 11.8 Å². The minimum Gasteiger partial charge on any atom is -0.340 e. The molecule has 1 aromatic carbocycles. The van der Waals surface area contributed by atoms with Crippen LogP contribution in [0.1, 0.15) is 37.2 Å². The van der Waals surface area contributed by atoms with Crippen LogP contribution in [0.5, 0.6) is 0 Å². The molecule has 2 atom stereocenters. The molecule has 1 aromatic rings. The van der Waals surface area contributed by atoms with Gasteiger partial charge in [0, 0.05) is 38.1 Å². The number of amides is 1. The molecule has 0 N–H and O–H groups in total. The highest BCUT2D eigenvalue weighted by Crippen LogP contribution is 2.48. The van der Waals surface area contributed by atoms with Crippen molar-refractivity contribution in [1.29, 1.82) is 0 Å². The molecule has 118 valence electrons. The molecule has 0 bridgehead atoms. The number of nitrogens with zero attached hydrogens (tertiary/aromatic N) is 2. The van der Waals surface area contributed by atoms with Crippen LogP contribution in [0.4, 0.5) is 4.39 Å². The largest absolute Gasteiger partial charge is 0.340 e. The Labute approximate surface area is 131 Å². The van der Waals surface area contributed by atoms with E-state index in [-0.39, 0.29) is 11.7 Å². The number of piperazine rings is 1. The van der Waals surface area contributed by atoms with Crippen LogP contribution >= 0.6 is 0 Å². The van der Waals surface area contributed by atoms with Crippen molar-refractivity contribution in [2.75, 3.05) is 26.2 Å². The molecule has 4 rings (SSSR count). The lowest BCUT2D eigenvalue weighted by Gasteiger charge is -2.43. The summed E-state index contributed by atoms with van der Waals surface area (Å²) in [7, 11) is 0. The highest BCUT2D eigenvalue weighted by Gasteiger charge is 2.46. The molecule has 2 saturated carbocycles. The first-order chi connectivity index (χ1) is 10.7. The molecule has 0 spiro atoms. The Morgan fingerprint density at radius 2 is 1.73 bits per heavy atom. The molecule has 22 heavy (non-hydrogen) atoms. The first kappa shape index (κ1) is 14.2. The summed E-state index contributed by atoms with van der Waals surface area (Å²) in [6, 6.07) is 7.41. The fraction of sp³-hybridized carbons (Fsp3) is 0.611. The van der Waals surface area contributed by atoms with E-state index in [2.05, 4.69) is 4.90 Å². The Balaban J connectivity index is 1.31. The van der Waals surface area contributed by atoms with Crippen molar-refractivity contribution in [3.8, 4) is 0 Å². The normalized spacial score (nSPS) is 29.2. The zero-order valence-corrected chi connectivity index (χ0v) is 12.9. The number of carbonyl (C=O) groups is 1. The number of hydrogen-bond donors (Lipinski definition) is 0. The smallest absolute Gasteiger partial charge is 0.226 e. The Kier molecular flexibility index (Phi) is 3.65. The summed E-state index contributed by atoms with van der Waals surface area (Å²) in [6.45, 7) is 3.82. The van der Waals surface area contributed by atoms with E-state index >= 15 is 0 Å². The average Bonchev–Trinajstić information content (AvgIpc) is 3.27.